The van der Waals surface area contributed by atoms with E-state index in [9.17, 15) is 9.59 Å². The number of esters is 1. The molecule has 1 atom stereocenters. The normalized spacial score (nSPS) is 18.3. The van der Waals surface area contributed by atoms with Gasteiger partial charge in [0, 0.05) is 12.5 Å². The van der Waals surface area contributed by atoms with E-state index in [0.29, 0.717) is 17.9 Å². The Morgan fingerprint density at radius 2 is 2.17 bits per heavy atom. The molecule has 0 spiro atoms. The van der Waals surface area contributed by atoms with Gasteiger partial charge in [-0.15, -0.1) is 0 Å². The minimum Gasteiger partial charge on any atom is -0.469 e. The Kier molecular flexibility index (Phi) is 3.46. The molecule has 1 aliphatic rings. The maximum atomic E-state index is 11.3. The quantitative estimate of drug-likeness (QED) is 0.607. The predicted molar refractivity (Wildman–Crippen MR) is 66.0 cm³/mol. The van der Waals surface area contributed by atoms with Crippen LogP contribution in [-0.2, 0) is 9.53 Å². The van der Waals surface area contributed by atoms with Gasteiger partial charge in [-0.1, -0.05) is 18.2 Å². The van der Waals surface area contributed by atoms with E-state index in [1.807, 2.05) is 12.2 Å². The van der Waals surface area contributed by atoms with Crippen molar-refractivity contribution in [3.8, 4) is 0 Å². The van der Waals surface area contributed by atoms with Crippen molar-refractivity contribution < 1.29 is 18.7 Å². The van der Waals surface area contributed by atoms with E-state index in [-0.39, 0.29) is 17.7 Å². The number of carbonyl (C=O) groups excluding carboxylic acids is 2. The van der Waals surface area contributed by atoms with E-state index >= 15 is 0 Å². The van der Waals surface area contributed by atoms with Crippen LogP contribution in [0.15, 0.2) is 34.8 Å². The Hall–Kier alpha value is -2.10. The third-order valence-electron chi connectivity index (χ3n) is 2.84. The van der Waals surface area contributed by atoms with Gasteiger partial charge >= 0.3 is 5.97 Å². The van der Waals surface area contributed by atoms with Crippen molar-refractivity contribution in [2.75, 3.05) is 7.11 Å². The summed E-state index contributed by atoms with van der Waals surface area (Å²) in [7, 11) is 1.38. The number of hydrogen-bond acceptors (Lipinski definition) is 4. The number of ether oxygens (including phenoxy) is 1. The number of furan rings is 1. The molecule has 0 aromatic carbocycles. The Labute approximate surface area is 105 Å². The Balaban J connectivity index is 2.12. The summed E-state index contributed by atoms with van der Waals surface area (Å²) in [4.78, 5) is 22.5. The van der Waals surface area contributed by atoms with Gasteiger partial charge in [-0.05, 0) is 18.6 Å². The fourth-order valence-electron chi connectivity index (χ4n) is 1.81. The van der Waals surface area contributed by atoms with Crippen molar-refractivity contribution in [2.24, 2.45) is 5.92 Å². The summed E-state index contributed by atoms with van der Waals surface area (Å²) in [5.41, 5.74) is 0.877. The number of hydrogen-bond donors (Lipinski definition) is 0. The molecule has 0 amide bonds. The summed E-state index contributed by atoms with van der Waals surface area (Å²) in [5.74, 6) is 0.398. The molecule has 4 heteroatoms. The molecule has 1 heterocycles. The van der Waals surface area contributed by atoms with Crippen LogP contribution in [0, 0.1) is 5.92 Å². The Morgan fingerprint density at radius 1 is 1.39 bits per heavy atom. The van der Waals surface area contributed by atoms with Gasteiger partial charge in [0.1, 0.15) is 5.76 Å². The highest BCUT2D eigenvalue weighted by molar-refractivity contribution is 5.92. The fraction of sp³-hybridized carbons (Fsp3) is 0.286. The van der Waals surface area contributed by atoms with Crippen molar-refractivity contribution in [2.45, 2.75) is 13.3 Å². The van der Waals surface area contributed by atoms with Crippen molar-refractivity contribution >= 4 is 17.3 Å². The van der Waals surface area contributed by atoms with Crippen molar-refractivity contribution in [1.29, 1.82) is 0 Å². The van der Waals surface area contributed by atoms with Gasteiger partial charge in [0.15, 0.2) is 11.5 Å². The number of methoxy groups -OCH3 is 1. The van der Waals surface area contributed by atoms with Crippen LogP contribution >= 0.6 is 0 Å². The second-order valence-electron chi connectivity index (χ2n) is 4.10. The van der Waals surface area contributed by atoms with Gasteiger partial charge in [0.2, 0.25) is 0 Å². The van der Waals surface area contributed by atoms with Crippen LogP contribution < -0.4 is 0 Å². The lowest BCUT2D eigenvalue weighted by atomic mass is 9.96. The molecule has 2 rings (SSSR count). The van der Waals surface area contributed by atoms with Crippen LogP contribution in [0.4, 0.5) is 0 Å². The smallest absolute Gasteiger partial charge is 0.312 e. The molecular formula is C14H14O4. The van der Waals surface area contributed by atoms with Gasteiger partial charge in [0.25, 0.3) is 0 Å². The van der Waals surface area contributed by atoms with E-state index in [4.69, 9.17) is 4.42 Å². The van der Waals surface area contributed by atoms with Crippen molar-refractivity contribution in [3.63, 3.8) is 0 Å². The summed E-state index contributed by atoms with van der Waals surface area (Å²) in [6.45, 7) is 1.46. The average molecular weight is 246 g/mol. The molecule has 0 fully saturated rings. The molecule has 1 unspecified atom stereocenters. The fourth-order valence-corrected chi connectivity index (χ4v) is 1.81. The molecule has 0 radical (unpaired) electrons. The third kappa shape index (κ3) is 2.42. The highest BCUT2D eigenvalue weighted by Crippen LogP contribution is 2.26. The minimum absolute atomic E-state index is 0.103. The first-order chi connectivity index (χ1) is 8.61. The zero-order chi connectivity index (χ0) is 13.1. The van der Waals surface area contributed by atoms with Crippen LogP contribution in [0.25, 0.3) is 5.57 Å². The molecule has 0 bridgehead atoms. The van der Waals surface area contributed by atoms with E-state index < -0.39 is 0 Å². The number of Topliss-reactive ketones (excluding diaryl/α,β-unsaturated/α-hetero) is 1. The summed E-state index contributed by atoms with van der Waals surface area (Å²) in [6.07, 6.45) is 6.09. The number of rotatable bonds is 3. The largest absolute Gasteiger partial charge is 0.469 e. The van der Waals surface area contributed by atoms with Gasteiger partial charge in [-0.2, -0.15) is 0 Å². The van der Waals surface area contributed by atoms with Crippen molar-refractivity contribution in [3.05, 3.63) is 41.9 Å². The van der Waals surface area contributed by atoms with Crippen LogP contribution in [0.2, 0.25) is 0 Å². The number of allylic oxidation sites excluding steroid dienone is 3. The topological polar surface area (TPSA) is 56.5 Å². The third-order valence-corrected chi connectivity index (χ3v) is 2.84. The first kappa shape index (κ1) is 12.4. The predicted octanol–water partition coefficient (Wildman–Crippen LogP) is 2.61. The second kappa shape index (κ2) is 5.04. The lowest BCUT2D eigenvalue weighted by molar-refractivity contribution is -0.143. The second-order valence-corrected chi connectivity index (χ2v) is 4.10. The first-order valence-corrected chi connectivity index (χ1v) is 5.69. The minimum atomic E-state index is -0.245. The molecule has 0 saturated carbocycles. The lowest BCUT2D eigenvalue weighted by Gasteiger charge is -2.12. The molecule has 1 aromatic heterocycles. The summed E-state index contributed by atoms with van der Waals surface area (Å²) in [6, 6.07) is 3.41. The van der Waals surface area contributed by atoms with E-state index in [2.05, 4.69) is 4.74 Å². The van der Waals surface area contributed by atoms with Gasteiger partial charge < -0.3 is 9.15 Å². The molecule has 1 aromatic rings. The molecule has 0 saturated heterocycles. The zero-order valence-corrected chi connectivity index (χ0v) is 10.3. The standard InChI is InChI=1S/C14H14O4/c1-9(15)12-7-8-13(18-12)10-3-5-11(6-4-10)14(16)17-2/h3-5,7-8,11H,6H2,1-2H3. The molecule has 0 N–H and O–H groups in total. The lowest BCUT2D eigenvalue weighted by Crippen LogP contribution is -2.14. The van der Waals surface area contributed by atoms with Crippen LogP contribution in [0.3, 0.4) is 0 Å². The van der Waals surface area contributed by atoms with Crippen LogP contribution in [0.1, 0.15) is 29.7 Å². The Morgan fingerprint density at radius 3 is 2.67 bits per heavy atom. The molecule has 0 aliphatic heterocycles. The SMILES string of the molecule is COC(=O)C1C=CC(c2ccc(C(C)=O)o2)=CC1. The maximum Gasteiger partial charge on any atom is 0.312 e. The van der Waals surface area contributed by atoms with Crippen LogP contribution in [-0.4, -0.2) is 18.9 Å². The van der Waals surface area contributed by atoms with E-state index in [0.717, 1.165) is 5.57 Å². The molecular weight excluding hydrogens is 232 g/mol. The monoisotopic (exact) mass is 246 g/mol. The average Bonchev–Trinajstić information content (AvgIpc) is 2.88. The van der Waals surface area contributed by atoms with Gasteiger partial charge in [-0.3, -0.25) is 9.59 Å². The molecule has 4 nitrogen and oxygen atoms in total. The molecule has 94 valence electrons. The summed E-state index contributed by atoms with van der Waals surface area (Å²) < 4.78 is 10.1. The highest BCUT2D eigenvalue weighted by atomic mass is 16.5. The maximum absolute atomic E-state index is 11.3. The zero-order valence-electron chi connectivity index (χ0n) is 10.3. The van der Waals surface area contributed by atoms with E-state index in [1.165, 1.54) is 14.0 Å². The van der Waals surface area contributed by atoms with Gasteiger partial charge in [-0.25, -0.2) is 0 Å². The highest BCUT2D eigenvalue weighted by Gasteiger charge is 2.19. The summed E-state index contributed by atoms with van der Waals surface area (Å²) in [5, 5.41) is 0. The molecule has 1 aliphatic carbocycles. The van der Waals surface area contributed by atoms with Crippen LogP contribution in [0.5, 0.6) is 0 Å². The number of ketones is 1. The molecule has 18 heavy (non-hydrogen) atoms. The van der Waals surface area contributed by atoms with E-state index in [1.54, 1.807) is 18.2 Å². The van der Waals surface area contributed by atoms with Gasteiger partial charge in [0.05, 0.1) is 13.0 Å². The Bertz CT molecular complexity index is 534. The first-order valence-electron chi connectivity index (χ1n) is 5.69. The number of carbonyl (C=O) groups is 2. The van der Waals surface area contributed by atoms with Crippen molar-refractivity contribution in [1.82, 2.24) is 0 Å². The summed E-state index contributed by atoms with van der Waals surface area (Å²) >= 11 is 0.